The molecule has 0 spiro atoms. The number of sulfone groups is 1. The number of benzene rings is 1. The van der Waals surface area contributed by atoms with E-state index in [0.717, 1.165) is 24.5 Å². The quantitative estimate of drug-likeness (QED) is 0.441. The second-order valence-electron chi connectivity index (χ2n) is 4.14. The van der Waals surface area contributed by atoms with Gasteiger partial charge in [0.15, 0.2) is 9.84 Å². The normalized spacial score (nSPS) is 10.6. The molecule has 118 valence electrons. The van der Waals surface area contributed by atoms with Crippen LogP contribution in [0.1, 0.15) is 16.8 Å². The van der Waals surface area contributed by atoms with Gasteiger partial charge in [0, 0.05) is 30.5 Å². The molecule has 0 heterocycles. The van der Waals surface area contributed by atoms with Crippen LogP contribution in [0.2, 0.25) is 0 Å². The van der Waals surface area contributed by atoms with Crippen molar-refractivity contribution in [1.82, 2.24) is 5.32 Å². The van der Waals surface area contributed by atoms with Gasteiger partial charge in [0.05, 0.1) is 9.82 Å². The van der Waals surface area contributed by atoms with Gasteiger partial charge in [-0.05, 0) is 19.0 Å². The average molecular weight is 338 g/mol. The number of hydrogen-bond donors (Lipinski definition) is 2. The van der Waals surface area contributed by atoms with E-state index in [0.29, 0.717) is 19.5 Å². The summed E-state index contributed by atoms with van der Waals surface area (Å²) in [7, 11) is -3.64. The van der Waals surface area contributed by atoms with Crippen LogP contribution in [0.15, 0.2) is 23.1 Å². The van der Waals surface area contributed by atoms with Crippen LogP contribution in [0, 0.1) is 10.1 Å². The monoisotopic (exact) mass is 337 g/mol. The second-order valence-corrected chi connectivity index (χ2v) is 6.16. The van der Waals surface area contributed by atoms with Crippen LogP contribution >= 0.6 is 12.4 Å². The van der Waals surface area contributed by atoms with E-state index in [-0.39, 0.29) is 22.9 Å². The van der Waals surface area contributed by atoms with E-state index in [1.807, 2.05) is 0 Å². The molecule has 0 bridgehead atoms. The van der Waals surface area contributed by atoms with Gasteiger partial charge in [-0.15, -0.1) is 12.4 Å². The topological polar surface area (TPSA) is 132 Å². The highest BCUT2D eigenvalue weighted by Crippen LogP contribution is 2.20. The Kier molecular flexibility index (Phi) is 7.27. The van der Waals surface area contributed by atoms with Gasteiger partial charge in [-0.1, -0.05) is 0 Å². The zero-order valence-electron chi connectivity index (χ0n) is 11.2. The van der Waals surface area contributed by atoms with Crippen molar-refractivity contribution in [3.05, 3.63) is 33.9 Å². The largest absolute Gasteiger partial charge is 0.352 e. The van der Waals surface area contributed by atoms with Gasteiger partial charge in [-0.3, -0.25) is 14.9 Å². The van der Waals surface area contributed by atoms with E-state index >= 15 is 0 Å². The molecule has 0 saturated carbocycles. The number of halogens is 1. The van der Waals surface area contributed by atoms with Gasteiger partial charge < -0.3 is 11.1 Å². The molecule has 0 unspecified atom stereocenters. The molecule has 1 amide bonds. The summed E-state index contributed by atoms with van der Waals surface area (Å²) < 4.78 is 22.9. The Morgan fingerprint density at radius 1 is 1.38 bits per heavy atom. The van der Waals surface area contributed by atoms with E-state index in [9.17, 15) is 23.3 Å². The smallest absolute Gasteiger partial charge is 0.271 e. The molecule has 0 aliphatic heterocycles. The summed E-state index contributed by atoms with van der Waals surface area (Å²) in [6, 6.07) is 3.07. The van der Waals surface area contributed by atoms with E-state index < -0.39 is 26.4 Å². The van der Waals surface area contributed by atoms with Gasteiger partial charge >= 0.3 is 0 Å². The number of rotatable bonds is 6. The van der Waals surface area contributed by atoms with Crippen molar-refractivity contribution in [3.63, 3.8) is 0 Å². The Balaban J connectivity index is 0.00000400. The molecule has 0 saturated heterocycles. The molecule has 10 heteroatoms. The number of hydrogen-bond acceptors (Lipinski definition) is 6. The molecule has 0 aromatic heterocycles. The predicted octanol–water partition coefficient (Wildman–Crippen LogP) is 0.499. The van der Waals surface area contributed by atoms with Crippen LogP contribution in [-0.2, 0) is 9.84 Å². The highest BCUT2D eigenvalue weighted by Gasteiger charge is 2.18. The molecular weight excluding hydrogens is 322 g/mol. The van der Waals surface area contributed by atoms with Crippen molar-refractivity contribution in [1.29, 1.82) is 0 Å². The third kappa shape index (κ3) is 5.66. The minimum atomic E-state index is -3.64. The number of nitrogens with zero attached hydrogens (tertiary/aromatic N) is 1. The van der Waals surface area contributed by atoms with Crippen molar-refractivity contribution in [2.75, 3.05) is 19.3 Å². The van der Waals surface area contributed by atoms with Crippen LogP contribution < -0.4 is 11.1 Å². The molecule has 8 nitrogen and oxygen atoms in total. The highest BCUT2D eigenvalue weighted by atomic mass is 35.5. The number of nitro benzene ring substituents is 1. The number of nitro groups is 1. The first-order valence-corrected chi connectivity index (χ1v) is 7.62. The molecule has 1 aromatic carbocycles. The molecule has 0 atom stereocenters. The average Bonchev–Trinajstić information content (AvgIpc) is 2.37. The third-order valence-electron chi connectivity index (χ3n) is 2.46. The van der Waals surface area contributed by atoms with Gasteiger partial charge in [-0.25, -0.2) is 8.42 Å². The Labute approximate surface area is 128 Å². The Morgan fingerprint density at radius 3 is 2.48 bits per heavy atom. The summed E-state index contributed by atoms with van der Waals surface area (Å²) >= 11 is 0. The number of carbonyl (C=O) groups is 1. The summed E-state index contributed by atoms with van der Waals surface area (Å²) in [5, 5.41) is 13.3. The van der Waals surface area contributed by atoms with Crippen molar-refractivity contribution in [2.24, 2.45) is 5.73 Å². The van der Waals surface area contributed by atoms with Gasteiger partial charge in [-0.2, -0.15) is 0 Å². The Bertz CT molecular complexity index is 633. The summed E-state index contributed by atoms with van der Waals surface area (Å²) in [6.07, 6.45) is 1.47. The van der Waals surface area contributed by atoms with Crippen LogP contribution in [0.3, 0.4) is 0 Å². The number of nitrogens with two attached hydrogens (primary N) is 1. The van der Waals surface area contributed by atoms with Gasteiger partial charge in [0.25, 0.3) is 11.6 Å². The van der Waals surface area contributed by atoms with Crippen LogP contribution in [0.4, 0.5) is 5.69 Å². The fraction of sp³-hybridized carbons (Fsp3) is 0.364. The summed E-state index contributed by atoms with van der Waals surface area (Å²) in [6.45, 7) is 0.704. The van der Waals surface area contributed by atoms with Crippen molar-refractivity contribution in [2.45, 2.75) is 11.3 Å². The lowest BCUT2D eigenvalue weighted by Gasteiger charge is -2.06. The predicted molar refractivity (Wildman–Crippen MR) is 79.5 cm³/mol. The Morgan fingerprint density at radius 2 is 2.00 bits per heavy atom. The molecule has 1 aromatic rings. The molecular formula is C11H16ClN3O5S. The zero-order chi connectivity index (χ0) is 15.3. The molecule has 0 radical (unpaired) electrons. The molecule has 1 rings (SSSR count). The van der Waals surface area contributed by atoms with Crippen LogP contribution in [-0.4, -0.2) is 38.6 Å². The minimum absolute atomic E-state index is 0. The first kappa shape index (κ1) is 19.3. The Hall–Kier alpha value is -1.71. The molecule has 3 N–H and O–H groups in total. The summed E-state index contributed by atoms with van der Waals surface area (Å²) in [5.74, 6) is -0.577. The van der Waals surface area contributed by atoms with E-state index in [1.165, 1.54) is 0 Å². The lowest BCUT2D eigenvalue weighted by molar-refractivity contribution is -0.385. The number of non-ortho nitro benzene ring substituents is 1. The highest BCUT2D eigenvalue weighted by molar-refractivity contribution is 7.90. The summed E-state index contributed by atoms with van der Waals surface area (Å²) in [4.78, 5) is 21.6. The van der Waals surface area contributed by atoms with Crippen LogP contribution in [0.5, 0.6) is 0 Å². The number of nitrogens with one attached hydrogen (secondary N) is 1. The molecule has 0 aliphatic rings. The van der Waals surface area contributed by atoms with Gasteiger partial charge in [0.2, 0.25) is 0 Å². The fourth-order valence-electron chi connectivity index (χ4n) is 1.44. The first-order chi connectivity index (χ1) is 9.25. The second kappa shape index (κ2) is 7.91. The van der Waals surface area contributed by atoms with Crippen molar-refractivity contribution < 1.29 is 18.1 Å². The zero-order valence-corrected chi connectivity index (χ0v) is 12.9. The minimum Gasteiger partial charge on any atom is -0.352 e. The van der Waals surface area contributed by atoms with E-state index in [2.05, 4.69) is 5.32 Å². The number of amides is 1. The lowest BCUT2D eigenvalue weighted by Crippen LogP contribution is -2.26. The van der Waals surface area contributed by atoms with Gasteiger partial charge in [0.1, 0.15) is 0 Å². The lowest BCUT2D eigenvalue weighted by atomic mass is 10.2. The fourth-order valence-corrected chi connectivity index (χ4v) is 2.12. The van der Waals surface area contributed by atoms with E-state index in [4.69, 9.17) is 5.73 Å². The molecule has 0 aliphatic carbocycles. The SMILES string of the molecule is CS(=O)(=O)c1cc(C(=O)NCCCN)cc([N+](=O)[O-])c1.Cl. The standard InChI is InChI=1S/C11H15N3O5S.ClH/c1-20(18,19)10-6-8(5-9(7-10)14(16)17)11(15)13-4-2-3-12;/h5-7H,2-4,12H2,1H3,(H,13,15);1H. The molecule has 21 heavy (non-hydrogen) atoms. The van der Waals surface area contributed by atoms with E-state index in [1.54, 1.807) is 0 Å². The van der Waals surface area contributed by atoms with Crippen molar-refractivity contribution in [3.8, 4) is 0 Å². The maximum absolute atomic E-state index is 11.8. The van der Waals surface area contributed by atoms with Crippen molar-refractivity contribution >= 4 is 33.8 Å². The maximum Gasteiger partial charge on any atom is 0.271 e. The molecule has 0 fully saturated rings. The summed E-state index contributed by atoms with van der Waals surface area (Å²) in [5.41, 5.74) is 4.76. The number of carbonyl (C=O) groups excluding carboxylic acids is 1. The maximum atomic E-state index is 11.8. The third-order valence-corrected chi connectivity index (χ3v) is 3.55. The first-order valence-electron chi connectivity index (χ1n) is 5.73. The van der Waals surface area contributed by atoms with Crippen LogP contribution in [0.25, 0.3) is 0 Å².